The Morgan fingerprint density at radius 3 is 1.95 bits per heavy atom. The molecular formula is C15H22N2O3. The second-order valence-electron chi connectivity index (χ2n) is 6.23. The summed E-state index contributed by atoms with van der Waals surface area (Å²) < 4.78 is 0. The molecule has 0 aromatic heterocycles. The van der Waals surface area contributed by atoms with E-state index in [1.54, 1.807) is 13.8 Å². The van der Waals surface area contributed by atoms with Crippen LogP contribution in [0, 0.1) is 10.8 Å². The van der Waals surface area contributed by atoms with Gasteiger partial charge in [0.05, 0.1) is 5.57 Å². The number of nitrogens with one attached hydrogen (secondary N) is 2. The van der Waals surface area contributed by atoms with Crippen LogP contribution in [0.3, 0.4) is 0 Å². The molecule has 0 radical (unpaired) electrons. The maximum Gasteiger partial charge on any atom is 0.339 e. The summed E-state index contributed by atoms with van der Waals surface area (Å²) in [6.45, 7) is 3.40. The first-order valence-electron chi connectivity index (χ1n) is 7.08. The Labute approximate surface area is 118 Å². The Hall–Kier alpha value is -1.65. The Balaban J connectivity index is 2.15. The number of carboxylic acids is 1. The van der Waals surface area contributed by atoms with Crippen LogP contribution in [0.15, 0.2) is 11.3 Å². The first-order chi connectivity index (χ1) is 9.34. The molecule has 0 heterocycles. The zero-order chi connectivity index (χ0) is 15.0. The molecular weight excluding hydrogens is 256 g/mol. The fourth-order valence-corrected chi connectivity index (χ4v) is 3.70. The molecule has 3 fully saturated rings. The van der Waals surface area contributed by atoms with Gasteiger partial charge in [-0.1, -0.05) is 0 Å². The van der Waals surface area contributed by atoms with E-state index in [2.05, 4.69) is 5.32 Å². The maximum atomic E-state index is 11.8. The van der Waals surface area contributed by atoms with Crippen molar-refractivity contribution in [3.05, 3.63) is 11.3 Å². The van der Waals surface area contributed by atoms with Crippen LogP contribution in [-0.2, 0) is 9.59 Å². The predicted octanol–water partition coefficient (Wildman–Crippen LogP) is 2.27. The normalized spacial score (nSPS) is 33.3. The molecule has 0 aliphatic heterocycles. The molecule has 5 nitrogen and oxygen atoms in total. The van der Waals surface area contributed by atoms with Crippen LogP contribution < -0.4 is 5.32 Å². The van der Waals surface area contributed by atoms with E-state index in [9.17, 15) is 9.59 Å². The van der Waals surface area contributed by atoms with Crippen molar-refractivity contribution in [2.75, 3.05) is 0 Å². The smallest absolute Gasteiger partial charge is 0.339 e. The van der Waals surface area contributed by atoms with E-state index in [4.69, 9.17) is 10.5 Å². The molecule has 3 rings (SSSR count). The minimum absolute atomic E-state index is 0.00773. The highest BCUT2D eigenvalue weighted by molar-refractivity contribution is 6.08. The van der Waals surface area contributed by atoms with Gasteiger partial charge in [-0.2, -0.15) is 0 Å². The lowest BCUT2D eigenvalue weighted by Crippen LogP contribution is -2.56. The fourth-order valence-electron chi connectivity index (χ4n) is 3.70. The summed E-state index contributed by atoms with van der Waals surface area (Å²) in [6.07, 6.45) is 6.23. The number of carbonyl (C=O) groups excluding carboxylic acids is 1. The third kappa shape index (κ3) is 2.37. The van der Waals surface area contributed by atoms with Crippen molar-refractivity contribution in [2.24, 2.45) is 5.41 Å². The third-order valence-electron chi connectivity index (χ3n) is 5.22. The van der Waals surface area contributed by atoms with Gasteiger partial charge in [0.15, 0.2) is 0 Å². The van der Waals surface area contributed by atoms with Crippen LogP contribution in [0.1, 0.15) is 52.4 Å². The first kappa shape index (κ1) is 14.8. The molecule has 0 saturated heterocycles. The molecule has 0 aromatic rings. The van der Waals surface area contributed by atoms with Crippen LogP contribution in [0.2, 0.25) is 0 Å². The van der Waals surface area contributed by atoms with Crippen molar-refractivity contribution in [1.29, 1.82) is 5.41 Å². The third-order valence-corrected chi connectivity index (χ3v) is 5.22. The van der Waals surface area contributed by atoms with Crippen molar-refractivity contribution in [2.45, 2.75) is 57.9 Å². The summed E-state index contributed by atoms with van der Waals surface area (Å²) in [5.41, 5.74) is 0.335. The minimum Gasteiger partial charge on any atom is -0.478 e. The van der Waals surface area contributed by atoms with E-state index in [1.165, 1.54) is 0 Å². The largest absolute Gasteiger partial charge is 0.478 e. The Morgan fingerprint density at radius 2 is 1.60 bits per heavy atom. The van der Waals surface area contributed by atoms with Crippen LogP contribution in [0.25, 0.3) is 0 Å². The summed E-state index contributed by atoms with van der Waals surface area (Å²) in [4.78, 5) is 22.9. The molecule has 3 saturated carbocycles. The molecule has 3 aliphatic rings. The van der Waals surface area contributed by atoms with Gasteiger partial charge in [0, 0.05) is 22.9 Å². The summed E-state index contributed by atoms with van der Waals surface area (Å²) in [7, 11) is 0. The van der Waals surface area contributed by atoms with Gasteiger partial charge in [0.25, 0.3) is 0 Å². The summed E-state index contributed by atoms with van der Waals surface area (Å²) >= 11 is 0. The number of allylic oxidation sites excluding steroid dienone is 1. The van der Waals surface area contributed by atoms with Gasteiger partial charge < -0.3 is 15.8 Å². The van der Waals surface area contributed by atoms with E-state index in [1.807, 2.05) is 0 Å². The quantitative estimate of drug-likeness (QED) is 0.531. The SMILES string of the molecule is CC(=O)C12CCC(N/C(C)=C(\C=N)C(=O)O)(CC1)CC2. The highest BCUT2D eigenvalue weighted by Crippen LogP contribution is 2.53. The molecule has 20 heavy (non-hydrogen) atoms. The summed E-state index contributed by atoms with van der Waals surface area (Å²) in [6, 6.07) is 0. The second kappa shape index (κ2) is 5.04. The maximum absolute atomic E-state index is 11.8. The topological polar surface area (TPSA) is 90.3 Å². The summed E-state index contributed by atoms with van der Waals surface area (Å²) in [5, 5.41) is 19.6. The molecule has 0 unspecified atom stereocenters. The van der Waals surface area contributed by atoms with Crippen molar-refractivity contribution in [1.82, 2.24) is 5.32 Å². The van der Waals surface area contributed by atoms with Crippen molar-refractivity contribution in [3.8, 4) is 0 Å². The number of carboxylic acid groups (broad SMARTS) is 1. The highest BCUT2D eigenvalue weighted by atomic mass is 16.4. The predicted molar refractivity (Wildman–Crippen MR) is 75.8 cm³/mol. The molecule has 0 aromatic carbocycles. The van der Waals surface area contributed by atoms with Gasteiger partial charge in [-0.05, 0) is 52.4 Å². The zero-order valence-electron chi connectivity index (χ0n) is 12.1. The molecule has 0 spiro atoms. The van der Waals surface area contributed by atoms with Crippen molar-refractivity contribution >= 4 is 18.0 Å². The molecule has 110 valence electrons. The van der Waals surface area contributed by atoms with Crippen molar-refractivity contribution in [3.63, 3.8) is 0 Å². The van der Waals surface area contributed by atoms with E-state index in [0.29, 0.717) is 11.5 Å². The average molecular weight is 278 g/mol. The molecule has 0 atom stereocenters. The van der Waals surface area contributed by atoms with E-state index in [-0.39, 0.29) is 16.5 Å². The van der Waals surface area contributed by atoms with Crippen LogP contribution in [-0.4, -0.2) is 28.6 Å². The van der Waals surface area contributed by atoms with E-state index in [0.717, 1.165) is 44.7 Å². The number of ketones is 1. The monoisotopic (exact) mass is 278 g/mol. The summed E-state index contributed by atoms with van der Waals surface area (Å²) in [5.74, 6) is -0.783. The fraction of sp³-hybridized carbons (Fsp3) is 0.667. The first-order valence-corrected chi connectivity index (χ1v) is 7.08. The molecule has 2 bridgehead atoms. The molecule has 3 aliphatic carbocycles. The lowest BCUT2D eigenvalue weighted by molar-refractivity contribution is -0.133. The Kier molecular flexibility index (Phi) is 3.71. The Bertz CT molecular complexity index is 469. The minimum atomic E-state index is -1.08. The number of rotatable bonds is 5. The number of fused-ring (bicyclic) bond motifs is 3. The number of hydrogen-bond donors (Lipinski definition) is 3. The number of aliphatic carboxylic acids is 1. The highest BCUT2D eigenvalue weighted by Gasteiger charge is 2.50. The standard InChI is InChI=1S/C15H22N2O3/c1-10(12(9-16)13(19)20)17-15-6-3-14(4-7-15,5-8-15)11(2)18/h9,16-17H,3-8H2,1-2H3,(H,19,20)/b12-10+,16-9?. The number of Topliss-reactive ketones (excluding diaryl/α,β-unsaturated/α-hetero) is 1. The number of hydrogen-bond acceptors (Lipinski definition) is 4. The zero-order valence-corrected chi connectivity index (χ0v) is 12.1. The second-order valence-corrected chi connectivity index (χ2v) is 6.23. The van der Waals surface area contributed by atoms with Crippen molar-refractivity contribution < 1.29 is 14.7 Å². The van der Waals surface area contributed by atoms with Crippen LogP contribution >= 0.6 is 0 Å². The molecule has 5 heteroatoms. The lowest BCUT2D eigenvalue weighted by Gasteiger charge is -2.53. The van der Waals surface area contributed by atoms with Gasteiger partial charge in [-0.25, -0.2) is 4.79 Å². The van der Waals surface area contributed by atoms with Gasteiger partial charge in [0.1, 0.15) is 5.78 Å². The van der Waals surface area contributed by atoms with E-state index >= 15 is 0 Å². The number of carbonyl (C=O) groups is 2. The van der Waals surface area contributed by atoms with Crippen LogP contribution in [0.4, 0.5) is 0 Å². The molecule has 0 amide bonds. The van der Waals surface area contributed by atoms with Gasteiger partial charge in [-0.15, -0.1) is 0 Å². The van der Waals surface area contributed by atoms with Gasteiger partial charge in [-0.3, -0.25) is 4.79 Å². The van der Waals surface area contributed by atoms with Gasteiger partial charge >= 0.3 is 5.97 Å². The van der Waals surface area contributed by atoms with Crippen LogP contribution in [0.5, 0.6) is 0 Å². The van der Waals surface area contributed by atoms with E-state index < -0.39 is 5.97 Å². The Morgan fingerprint density at radius 1 is 1.10 bits per heavy atom. The lowest BCUT2D eigenvalue weighted by atomic mass is 9.56. The average Bonchev–Trinajstić information content (AvgIpc) is 2.40. The molecule has 3 N–H and O–H groups in total. The van der Waals surface area contributed by atoms with Gasteiger partial charge in [0.2, 0.25) is 0 Å².